The molecule has 0 bridgehead atoms. The standard InChI is InChI=1S/C24H31F4N3O4S/c1-5-6-7-8-14-35-23(3,18-10-9-13-29-21(18)24(26,27)28)30-22(32)16(2)17-11-12-20(19(25)15-17)31-36(4,33)34/h9-13,15-16,31H,5-8,14H2,1-4H3,(H,30,32). The summed E-state index contributed by atoms with van der Waals surface area (Å²) in [7, 11) is -3.72. The molecule has 12 heteroatoms. The number of nitrogens with one attached hydrogen (secondary N) is 2. The van der Waals surface area contributed by atoms with Crippen LogP contribution in [0.3, 0.4) is 0 Å². The Morgan fingerprint density at radius 3 is 2.44 bits per heavy atom. The fourth-order valence-corrected chi connectivity index (χ4v) is 4.15. The van der Waals surface area contributed by atoms with E-state index in [0.29, 0.717) is 6.42 Å². The maximum atomic E-state index is 14.4. The van der Waals surface area contributed by atoms with Crippen LogP contribution < -0.4 is 10.0 Å². The van der Waals surface area contributed by atoms with Gasteiger partial charge in [0.15, 0.2) is 11.4 Å². The highest BCUT2D eigenvalue weighted by Crippen LogP contribution is 2.36. The van der Waals surface area contributed by atoms with Crippen molar-refractivity contribution < 1.29 is 35.5 Å². The molecule has 1 aromatic carbocycles. The molecule has 36 heavy (non-hydrogen) atoms. The molecule has 1 heterocycles. The first-order valence-corrected chi connectivity index (χ1v) is 13.3. The van der Waals surface area contributed by atoms with E-state index in [9.17, 15) is 30.8 Å². The van der Waals surface area contributed by atoms with E-state index in [0.717, 1.165) is 37.8 Å². The molecule has 0 aliphatic carbocycles. The highest BCUT2D eigenvalue weighted by Gasteiger charge is 2.43. The number of amides is 1. The molecule has 7 nitrogen and oxygen atoms in total. The zero-order valence-corrected chi connectivity index (χ0v) is 21.4. The third kappa shape index (κ3) is 8.16. The zero-order chi connectivity index (χ0) is 27.1. The van der Waals surface area contributed by atoms with E-state index in [1.54, 1.807) is 0 Å². The number of carbonyl (C=O) groups is 1. The highest BCUT2D eigenvalue weighted by atomic mass is 32.2. The van der Waals surface area contributed by atoms with Crippen LogP contribution in [0.2, 0.25) is 0 Å². The quantitative estimate of drug-likeness (QED) is 0.219. The molecule has 2 aromatic rings. The van der Waals surface area contributed by atoms with Crippen LogP contribution >= 0.6 is 0 Å². The largest absolute Gasteiger partial charge is 0.433 e. The molecule has 2 rings (SSSR count). The Labute approximate surface area is 208 Å². The minimum Gasteiger partial charge on any atom is -0.352 e. The van der Waals surface area contributed by atoms with Crippen LogP contribution in [-0.2, 0) is 31.5 Å². The van der Waals surface area contributed by atoms with Crippen molar-refractivity contribution in [3.05, 3.63) is 59.2 Å². The van der Waals surface area contributed by atoms with Crippen molar-refractivity contribution >= 4 is 21.6 Å². The molecule has 0 aliphatic rings. The average molecular weight is 534 g/mol. The van der Waals surface area contributed by atoms with Gasteiger partial charge in [-0.2, -0.15) is 13.2 Å². The summed E-state index contributed by atoms with van der Waals surface area (Å²) < 4.78 is 86.2. The second kappa shape index (κ2) is 12.0. The van der Waals surface area contributed by atoms with E-state index < -0.39 is 45.3 Å². The maximum absolute atomic E-state index is 14.4. The lowest BCUT2D eigenvalue weighted by Crippen LogP contribution is -2.48. The maximum Gasteiger partial charge on any atom is 0.433 e. The van der Waals surface area contributed by atoms with Crippen LogP contribution in [-0.4, -0.2) is 32.2 Å². The third-order valence-electron chi connectivity index (χ3n) is 5.52. The molecular weight excluding hydrogens is 502 g/mol. The van der Waals surface area contributed by atoms with Crippen molar-refractivity contribution in [1.82, 2.24) is 10.3 Å². The van der Waals surface area contributed by atoms with Gasteiger partial charge in [-0.3, -0.25) is 14.5 Å². The van der Waals surface area contributed by atoms with Crippen molar-refractivity contribution in [2.45, 2.75) is 64.3 Å². The van der Waals surface area contributed by atoms with Gasteiger partial charge in [-0.15, -0.1) is 0 Å². The molecule has 0 saturated carbocycles. The first-order chi connectivity index (χ1) is 16.7. The number of pyridine rings is 1. The van der Waals surface area contributed by atoms with Gasteiger partial charge in [-0.1, -0.05) is 38.3 Å². The molecule has 2 N–H and O–H groups in total. The fourth-order valence-electron chi connectivity index (χ4n) is 3.58. The number of halogens is 4. The lowest BCUT2D eigenvalue weighted by molar-refractivity contribution is -0.150. The number of benzene rings is 1. The van der Waals surface area contributed by atoms with Gasteiger partial charge >= 0.3 is 6.18 Å². The molecule has 0 spiro atoms. The SMILES string of the molecule is CCCCCCOC(C)(NC(=O)C(C)c1ccc(NS(C)(=O)=O)c(F)c1)c1cccnc1C(F)(F)F. The number of unbranched alkanes of at least 4 members (excludes halogenated alkanes) is 3. The minimum absolute atomic E-state index is 0.0951. The lowest BCUT2D eigenvalue weighted by atomic mass is 9.97. The first kappa shape index (κ1) is 29.5. The van der Waals surface area contributed by atoms with E-state index in [-0.39, 0.29) is 23.4 Å². The Morgan fingerprint density at radius 2 is 1.86 bits per heavy atom. The van der Waals surface area contributed by atoms with E-state index in [1.165, 1.54) is 38.1 Å². The summed E-state index contributed by atoms with van der Waals surface area (Å²) >= 11 is 0. The minimum atomic E-state index is -4.79. The number of aromatic nitrogens is 1. The predicted octanol–water partition coefficient (Wildman–Crippen LogP) is 5.30. The first-order valence-electron chi connectivity index (χ1n) is 11.4. The summed E-state index contributed by atoms with van der Waals surface area (Å²) in [5.74, 6) is -2.62. The second-order valence-electron chi connectivity index (χ2n) is 8.66. The van der Waals surface area contributed by atoms with Crippen molar-refractivity contribution in [3.8, 4) is 0 Å². The predicted molar refractivity (Wildman–Crippen MR) is 128 cm³/mol. The molecular formula is C24H31F4N3O4S. The Kier molecular flexibility index (Phi) is 9.84. The van der Waals surface area contributed by atoms with E-state index in [4.69, 9.17) is 4.74 Å². The van der Waals surface area contributed by atoms with Crippen molar-refractivity contribution in [3.63, 3.8) is 0 Å². The van der Waals surface area contributed by atoms with Crippen molar-refractivity contribution in [2.75, 3.05) is 17.6 Å². The number of hydrogen-bond donors (Lipinski definition) is 2. The van der Waals surface area contributed by atoms with Crippen LogP contribution in [0.4, 0.5) is 23.2 Å². The van der Waals surface area contributed by atoms with Gasteiger partial charge in [0.25, 0.3) is 0 Å². The molecule has 2 unspecified atom stereocenters. The molecule has 0 radical (unpaired) electrons. The molecule has 0 saturated heterocycles. The number of ether oxygens (including phenoxy) is 1. The van der Waals surface area contributed by atoms with Crippen molar-refractivity contribution in [1.29, 1.82) is 0 Å². The average Bonchev–Trinajstić information content (AvgIpc) is 2.78. The van der Waals surface area contributed by atoms with Gasteiger partial charge in [0.1, 0.15) is 5.82 Å². The normalized spacial score (nSPS) is 14.7. The van der Waals surface area contributed by atoms with Crippen LogP contribution in [0.5, 0.6) is 0 Å². The van der Waals surface area contributed by atoms with Gasteiger partial charge in [-0.25, -0.2) is 12.8 Å². The molecule has 1 aromatic heterocycles. The zero-order valence-electron chi connectivity index (χ0n) is 20.6. The van der Waals surface area contributed by atoms with E-state index in [2.05, 4.69) is 10.3 Å². The summed E-state index contributed by atoms with van der Waals surface area (Å²) in [6.07, 6.45) is 0.368. The Hall–Kier alpha value is -2.73. The fraction of sp³-hybridized carbons (Fsp3) is 0.500. The molecule has 0 fully saturated rings. The van der Waals surface area contributed by atoms with Crippen LogP contribution in [0, 0.1) is 5.82 Å². The number of carbonyl (C=O) groups excluding carboxylic acids is 1. The number of anilines is 1. The van der Waals surface area contributed by atoms with Gasteiger partial charge in [0, 0.05) is 18.4 Å². The third-order valence-corrected chi connectivity index (χ3v) is 6.11. The summed E-state index contributed by atoms with van der Waals surface area (Å²) in [5.41, 5.74) is -3.51. The number of rotatable bonds is 12. The number of sulfonamides is 1. The van der Waals surface area contributed by atoms with Crippen LogP contribution in [0.25, 0.3) is 0 Å². The van der Waals surface area contributed by atoms with Crippen LogP contribution in [0.15, 0.2) is 36.5 Å². The van der Waals surface area contributed by atoms with Gasteiger partial charge in [0.05, 0.1) is 17.9 Å². The van der Waals surface area contributed by atoms with E-state index >= 15 is 0 Å². The van der Waals surface area contributed by atoms with Gasteiger partial charge in [-0.05, 0) is 44.0 Å². The second-order valence-corrected chi connectivity index (χ2v) is 10.4. The van der Waals surface area contributed by atoms with Gasteiger partial charge in [0.2, 0.25) is 15.9 Å². The van der Waals surface area contributed by atoms with E-state index in [1.807, 2.05) is 11.6 Å². The Balaban J connectivity index is 2.34. The monoisotopic (exact) mass is 533 g/mol. The highest BCUT2D eigenvalue weighted by molar-refractivity contribution is 7.92. The van der Waals surface area contributed by atoms with Gasteiger partial charge < -0.3 is 10.1 Å². The Bertz CT molecular complexity index is 1160. The summed E-state index contributed by atoms with van der Waals surface area (Å²) in [6, 6.07) is 6.03. The smallest absolute Gasteiger partial charge is 0.352 e. The summed E-state index contributed by atoms with van der Waals surface area (Å²) in [6.45, 7) is 4.88. The topological polar surface area (TPSA) is 97.4 Å². The molecule has 0 aliphatic heterocycles. The summed E-state index contributed by atoms with van der Waals surface area (Å²) in [4.78, 5) is 16.6. The number of alkyl halides is 3. The van der Waals surface area contributed by atoms with Crippen LogP contribution in [0.1, 0.15) is 69.2 Å². The van der Waals surface area contributed by atoms with Crippen molar-refractivity contribution in [2.24, 2.45) is 0 Å². The molecule has 2 atom stereocenters. The Morgan fingerprint density at radius 1 is 1.17 bits per heavy atom. The summed E-state index contributed by atoms with van der Waals surface area (Å²) in [5, 5.41) is 2.55. The number of hydrogen-bond acceptors (Lipinski definition) is 5. The molecule has 1 amide bonds. The number of nitrogens with zero attached hydrogens (tertiary/aromatic N) is 1. The lowest BCUT2D eigenvalue weighted by Gasteiger charge is -2.34. The molecule has 200 valence electrons.